The maximum Gasteiger partial charge on any atom is 0.241 e. The molecule has 0 radical (unpaired) electrons. The third-order valence-electron chi connectivity index (χ3n) is 5.26. The summed E-state index contributed by atoms with van der Waals surface area (Å²) in [5, 5.41) is 3.44. The van der Waals surface area contributed by atoms with Gasteiger partial charge in [0.15, 0.2) is 0 Å². The van der Waals surface area contributed by atoms with Crippen LogP contribution in [-0.4, -0.2) is 29.6 Å². The molecule has 1 heterocycles. The molecule has 1 saturated carbocycles. The van der Waals surface area contributed by atoms with Gasteiger partial charge in [-0.1, -0.05) is 46.5 Å². The SMILES string of the molecule is CCC(C)C1NCN(C(CC)C2CCCCC2)C1=O. The maximum atomic E-state index is 12.6. The van der Waals surface area contributed by atoms with E-state index in [4.69, 9.17) is 0 Å². The van der Waals surface area contributed by atoms with Crippen LogP contribution in [0.25, 0.3) is 0 Å². The summed E-state index contributed by atoms with van der Waals surface area (Å²) >= 11 is 0. The molecular weight excluding hydrogens is 236 g/mol. The normalized spacial score (nSPS) is 28.7. The molecule has 0 bridgehead atoms. The molecule has 2 aliphatic rings. The summed E-state index contributed by atoms with van der Waals surface area (Å²) in [5.74, 6) is 1.54. The van der Waals surface area contributed by atoms with Gasteiger partial charge >= 0.3 is 0 Å². The molecule has 1 aliphatic carbocycles. The lowest BCUT2D eigenvalue weighted by molar-refractivity contribution is -0.133. The van der Waals surface area contributed by atoms with Crippen molar-refractivity contribution in [3.05, 3.63) is 0 Å². The molecule has 3 heteroatoms. The van der Waals surface area contributed by atoms with Gasteiger partial charge in [0.2, 0.25) is 5.91 Å². The van der Waals surface area contributed by atoms with Gasteiger partial charge in [0.1, 0.15) is 0 Å². The molecule has 1 saturated heterocycles. The van der Waals surface area contributed by atoms with Crippen LogP contribution in [0.2, 0.25) is 0 Å². The van der Waals surface area contributed by atoms with Gasteiger partial charge in [-0.25, -0.2) is 0 Å². The summed E-state index contributed by atoms with van der Waals surface area (Å²) in [6.07, 6.45) is 8.89. The lowest BCUT2D eigenvalue weighted by Crippen LogP contribution is -2.44. The average molecular weight is 266 g/mol. The highest BCUT2D eigenvalue weighted by molar-refractivity contribution is 5.84. The van der Waals surface area contributed by atoms with E-state index in [1.165, 1.54) is 32.1 Å². The molecule has 3 unspecified atom stereocenters. The second-order valence-electron chi connectivity index (χ2n) is 6.41. The van der Waals surface area contributed by atoms with Gasteiger partial charge < -0.3 is 4.90 Å². The zero-order valence-electron chi connectivity index (χ0n) is 12.8. The first-order valence-electron chi connectivity index (χ1n) is 8.22. The Labute approximate surface area is 118 Å². The van der Waals surface area contributed by atoms with Gasteiger partial charge in [-0.2, -0.15) is 0 Å². The first-order valence-corrected chi connectivity index (χ1v) is 8.22. The van der Waals surface area contributed by atoms with E-state index in [1.54, 1.807) is 0 Å². The van der Waals surface area contributed by atoms with Crippen molar-refractivity contribution in [3.63, 3.8) is 0 Å². The van der Waals surface area contributed by atoms with E-state index in [-0.39, 0.29) is 6.04 Å². The van der Waals surface area contributed by atoms with Crippen LogP contribution in [0.5, 0.6) is 0 Å². The Hall–Kier alpha value is -0.570. The van der Waals surface area contributed by atoms with Crippen LogP contribution in [0.1, 0.15) is 65.7 Å². The fourth-order valence-corrected chi connectivity index (χ4v) is 3.83. The Morgan fingerprint density at radius 3 is 2.47 bits per heavy atom. The molecule has 1 aliphatic heterocycles. The lowest BCUT2D eigenvalue weighted by atomic mass is 9.82. The Kier molecular flexibility index (Phi) is 5.26. The molecule has 110 valence electrons. The molecule has 0 aromatic heterocycles. The van der Waals surface area contributed by atoms with E-state index < -0.39 is 0 Å². The second-order valence-corrected chi connectivity index (χ2v) is 6.41. The summed E-state index contributed by atoms with van der Waals surface area (Å²) in [5.41, 5.74) is 0. The minimum atomic E-state index is 0.0580. The number of amides is 1. The summed E-state index contributed by atoms with van der Waals surface area (Å²) in [6.45, 7) is 7.35. The highest BCUT2D eigenvalue weighted by atomic mass is 16.2. The highest BCUT2D eigenvalue weighted by Gasteiger charge is 2.39. The molecule has 0 aromatic carbocycles. The van der Waals surface area contributed by atoms with Crippen molar-refractivity contribution in [1.82, 2.24) is 10.2 Å². The Morgan fingerprint density at radius 2 is 1.89 bits per heavy atom. The van der Waals surface area contributed by atoms with E-state index in [0.29, 0.717) is 17.9 Å². The fraction of sp³-hybridized carbons (Fsp3) is 0.938. The number of rotatable bonds is 5. The molecule has 2 fully saturated rings. The molecule has 0 aromatic rings. The summed E-state index contributed by atoms with van der Waals surface area (Å²) < 4.78 is 0. The van der Waals surface area contributed by atoms with E-state index in [9.17, 15) is 4.79 Å². The zero-order chi connectivity index (χ0) is 13.8. The van der Waals surface area contributed by atoms with Gasteiger partial charge in [-0.05, 0) is 31.1 Å². The van der Waals surface area contributed by atoms with Crippen LogP contribution >= 0.6 is 0 Å². The van der Waals surface area contributed by atoms with Crippen molar-refractivity contribution < 1.29 is 4.79 Å². The Bertz CT molecular complexity index is 299. The van der Waals surface area contributed by atoms with E-state index in [1.807, 2.05) is 0 Å². The Morgan fingerprint density at radius 1 is 1.21 bits per heavy atom. The highest BCUT2D eigenvalue weighted by Crippen LogP contribution is 2.32. The van der Waals surface area contributed by atoms with Crippen LogP contribution in [0, 0.1) is 11.8 Å². The van der Waals surface area contributed by atoms with Crippen molar-refractivity contribution in [2.24, 2.45) is 11.8 Å². The number of carbonyl (C=O) groups excluding carboxylic acids is 1. The van der Waals surface area contributed by atoms with Crippen LogP contribution in [0.3, 0.4) is 0 Å². The largest absolute Gasteiger partial charge is 0.325 e. The quantitative estimate of drug-likeness (QED) is 0.829. The van der Waals surface area contributed by atoms with Gasteiger partial charge in [0.05, 0.1) is 12.7 Å². The first kappa shape index (κ1) is 14.8. The minimum absolute atomic E-state index is 0.0580. The standard InChI is InChI=1S/C16H30N2O/c1-4-12(3)15-16(19)18(11-17-15)14(5-2)13-9-7-6-8-10-13/h12-15,17H,4-11H2,1-3H3. The number of hydrogen-bond acceptors (Lipinski definition) is 2. The van der Waals surface area contributed by atoms with Gasteiger partial charge in [0, 0.05) is 6.04 Å². The first-order chi connectivity index (χ1) is 9.19. The molecule has 1 N–H and O–H groups in total. The number of hydrogen-bond donors (Lipinski definition) is 1. The summed E-state index contributed by atoms with van der Waals surface area (Å²) in [6, 6.07) is 0.525. The van der Waals surface area contributed by atoms with Crippen molar-refractivity contribution in [2.75, 3.05) is 6.67 Å². The summed E-state index contributed by atoms with van der Waals surface area (Å²) in [7, 11) is 0. The summed E-state index contributed by atoms with van der Waals surface area (Å²) in [4.78, 5) is 14.8. The molecular formula is C16H30N2O. The fourth-order valence-electron chi connectivity index (χ4n) is 3.83. The number of nitrogens with one attached hydrogen (secondary N) is 1. The van der Waals surface area contributed by atoms with Gasteiger partial charge in [-0.3, -0.25) is 10.1 Å². The smallest absolute Gasteiger partial charge is 0.241 e. The topological polar surface area (TPSA) is 32.3 Å². The third-order valence-corrected chi connectivity index (χ3v) is 5.26. The average Bonchev–Trinajstić information content (AvgIpc) is 2.82. The van der Waals surface area contributed by atoms with Crippen LogP contribution in [0.4, 0.5) is 0 Å². The molecule has 2 rings (SSSR count). The van der Waals surface area contributed by atoms with Crippen LogP contribution < -0.4 is 5.32 Å². The molecule has 0 spiro atoms. The van der Waals surface area contributed by atoms with E-state index in [0.717, 1.165) is 25.4 Å². The minimum Gasteiger partial charge on any atom is -0.325 e. The Balaban J connectivity index is 2.01. The number of nitrogens with zero attached hydrogens (tertiary/aromatic N) is 1. The maximum absolute atomic E-state index is 12.6. The van der Waals surface area contributed by atoms with Crippen molar-refractivity contribution in [1.29, 1.82) is 0 Å². The van der Waals surface area contributed by atoms with Crippen LogP contribution in [-0.2, 0) is 4.79 Å². The van der Waals surface area contributed by atoms with Crippen molar-refractivity contribution >= 4 is 5.91 Å². The third kappa shape index (κ3) is 3.13. The number of carbonyl (C=O) groups is 1. The zero-order valence-corrected chi connectivity index (χ0v) is 12.8. The molecule has 3 nitrogen and oxygen atoms in total. The monoisotopic (exact) mass is 266 g/mol. The van der Waals surface area contributed by atoms with Crippen molar-refractivity contribution in [2.45, 2.75) is 77.8 Å². The predicted octanol–water partition coefficient (Wildman–Crippen LogP) is 3.15. The van der Waals surface area contributed by atoms with Gasteiger partial charge in [0.25, 0.3) is 0 Å². The molecule has 3 atom stereocenters. The van der Waals surface area contributed by atoms with Gasteiger partial charge in [-0.15, -0.1) is 0 Å². The van der Waals surface area contributed by atoms with E-state index >= 15 is 0 Å². The molecule has 19 heavy (non-hydrogen) atoms. The lowest BCUT2D eigenvalue weighted by Gasteiger charge is -2.36. The van der Waals surface area contributed by atoms with E-state index in [2.05, 4.69) is 31.0 Å². The van der Waals surface area contributed by atoms with Crippen molar-refractivity contribution in [3.8, 4) is 0 Å². The molecule has 1 amide bonds. The second kappa shape index (κ2) is 6.74. The predicted molar refractivity (Wildman–Crippen MR) is 78.7 cm³/mol. The van der Waals surface area contributed by atoms with Crippen LogP contribution in [0.15, 0.2) is 0 Å².